The molecule has 40 heavy (non-hydrogen) atoms. The van der Waals surface area contributed by atoms with Crippen LogP contribution >= 0.6 is 0 Å². The molecule has 3 atom stereocenters. The number of aromatic nitrogens is 5. The molecule has 3 heterocycles. The minimum Gasteiger partial charge on any atom is -0.465 e. The number of hydrogen-bond donors (Lipinski definition) is 2. The minimum atomic E-state index is -1.00. The van der Waals surface area contributed by atoms with Crippen LogP contribution in [0.1, 0.15) is 76.2 Å². The van der Waals surface area contributed by atoms with E-state index in [1.54, 1.807) is 7.11 Å². The van der Waals surface area contributed by atoms with Crippen LogP contribution in [0, 0.1) is 11.3 Å². The maximum Gasteiger partial charge on any atom is 0.407 e. The van der Waals surface area contributed by atoms with Crippen molar-refractivity contribution in [1.29, 1.82) is 0 Å². The van der Waals surface area contributed by atoms with E-state index in [-0.39, 0.29) is 24.3 Å². The molecular weight excluding hydrogens is 510 g/mol. The number of imidazole rings is 1. The van der Waals surface area contributed by atoms with Gasteiger partial charge in [0, 0.05) is 39.3 Å². The zero-order chi connectivity index (χ0) is 29.0. The smallest absolute Gasteiger partial charge is 0.407 e. The fraction of sp³-hybridized carbons (Fsp3) is 0.621. The lowest BCUT2D eigenvalue weighted by molar-refractivity contribution is -0.0142. The number of methoxy groups -OCH3 is 1. The summed E-state index contributed by atoms with van der Waals surface area (Å²) in [6.07, 6.45) is 2.78. The first-order valence-corrected chi connectivity index (χ1v) is 14.1. The van der Waals surface area contributed by atoms with Crippen LogP contribution in [0.5, 0.6) is 0 Å². The number of carbonyl (C=O) groups excluding carboxylic acids is 1. The number of likely N-dealkylation sites (tertiary alicyclic amines) is 1. The van der Waals surface area contributed by atoms with Gasteiger partial charge in [-0.1, -0.05) is 46.8 Å². The van der Waals surface area contributed by atoms with Crippen molar-refractivity contribution < 1.29 is 19.4 Å². The van der Waals surface area contributed by atoms with Crippen LogP contribution in [0.25, 0.3) is 11.0 Å². The van der Waals surface area contributed by atoms with E-state index in [1.165, 1.54) is 11.2 Å². The second-order valence-corrected chi connectivity index (χ2v) is 12.2. The highest BCUT2D eigenvalue weighted by molar-refractivity contribution is 5.95. The van der Waals surface area contributed by atoms with Gasteiger partial charge in [0.2, 0.25) is 0 Å². The van der Waals surface area contributed by atoms with Crippen LogP contribution in [-0.2, 0) is 11.3 Å². The summed E-state index contributed by atoms with van der Waals surface area (Å²) in [6.45, 7) is 12.3. The monoisotopic (exact) mass is 553 g/mol. The number of aryl methyl sites for hydroxylation is 1. The third kappa shape index (κ3) is 6.29. The van der Waals surface area contributed by atoms with Gasteiger partial charge in [0.05, 0.1) is 23.1 Å². The Balaban J connectivity index is 1.80. The number of nitrogens with one attached hydrogen (secondary N) is 1. The summed E-state index contributed by atoms with van der Waals surface area (Å²) in [7, 11) is 1.69. The van der Waals surface area contributed by atoms with Crippen LogP contribution in [0.2, 0.25) is 0 Å². The van der Waals surface area contributed by atoms with Crippen molar-refractivity contribution in [2.24, 2.45) is 11.3 Å². The van der Waals surface area contributed by atoms with Crippen molar-refractivity contribution in [3.05, 3.63) is 42.2 Å². The number of benzene rings is 1. The summed E-state index contributed by atoms with van der Waals surface area (Å²) in [6, 6.07) is 6.98. The highest BCUT2D eigenvalue weighted by Gasteiger charge is 2.49. The lowest BCUT2D eigenvalue weighted by Crippen LogP contribution is -2.64. The van der Waals surface area contributed by atoms with E-state index in [0.29, 0.717) is 37.8 Å². The van der Waals surface area contributed by atoms with Gasteiger partial charge in [0.25, 0.3) is 5.91 Å². The number of piperidine rings is 1. The van der Waals surface area contributed by atoms with E-state index in [2.05, 4.69) is 29.0 Å². The molecule has 0 spiro atoms. The minimum absolute atomic E-state index is 0.160. The Hall–Kier alpha value is -3.47. The van der Waals surface area contributed by atoms with Crippen molar-refractivity contribution in [3.63, 3.8) is 0 Å². The first kappa shape index (κ1) is 29.5. The quantitative estimate of drug-likeness (QED) is 0.350. The number of hydrogen-bond acceptors (Lipinski definition) is 6. The zero-order valence-electron chi connectivity index (χ0n) is 24.5. The number of ether oxygens (including phenoxy) is 1. The molecule has 11 nitrogen and oxygen atoms in total. The second-order valence-electron chi connectivity index (χ2n) is 12.2. The predicted octanol–water partition coefficient (Wildman–Crippen LogP) is 4.63. The summed E-state index contributed by atoms with van der Waals surface area (Å²) in [5.74, 6) is 0.770. The number of carboxylic acid groups (broad SMARTS) is 1. The SMILES string of the molecule is COCCCCn1c(C(=O)N(CC(C)C)[C@H]2C[C@@H](c3nnc[nH]3)CN(C(=O)O)C2C(C)(C)C)nc2ccccc21. The third-order valence-electron chi connectivity index (χ3n) is 7.65. The van der Waals surface area contributed by atoms with Gasteiger partial charge in [0.1, 0.15) is 12.2 Å². The molecule has 1 fully saturated rings. The molecule has 0 aliphatic carbocycles. The number of nitrogens with zero attached hydrogens (tertiary/aromatic N) is 6. The summed E-state index contributed by atoms with van der Waals surface area (Å²) in [4.78, 5) is 38.5. The zero-order valence-corrected chi connectivity index (χ0v) is 24.5. The van der Waals surface area contributed by atoms with E-state index < -0.39 is 23.6 Å². The van der Waals surface area contributed by atoms with Crippen molar-refractivity contribution >= 4 is 23.0 Å². The van der Waals surface area contributed by atoms with Gasteiger partial charge in [-0.2, -0.15) is 0 Å². The van der Waals surface area contributed by atoms with Gasteiger partial charge in [-0.15, -0.1) is 10.2 Å². The highest BCUT2D eigenvalue weighted by Crippen LogP contribution is 2.40. The van der Waals surface area contributed by atoms with Crippen LogP contribution in [0.3, 0.4) is 0 Å². The molecule has 1 aliphatic heterocycles. The Kier molecular flexibility index (Phi) is 9.12. The molecule has 1 saturated heterocycles. The van der Waals surface area contributed by atoms with Gasteiger partial charge < -0.3 is 29.2 Å². The Bertz CT molecular complexity index is 1280. The van der Waals surface area contributed by atoms with Crippen LogP contribution in [0.15, 0.2) is 30.6 Å². The Morgan fingerprint density at radius 3 is 2.60 bits per heavy atom. The molecule has 0 radical (unpaired) electrons. The number of carbonyl (C=O) groups is 2. The summed E-state index contributed by atoms with van der Waals surface area (Å²) in [5, 5.41) is 18.5. The second kappa shape index (κ2) is 12.4. The number of amides is 2. The molecular formula is C29H43N7O4. The number of fused-ring (bicyclic) bond motifs is 1. The lowest BCUT2D eigenvalue weighted by atomic mass is 9.74. The molecule has 1 aliphatic rings. The Morgan fingerprint density at radius 1 is 1.23 bits per heavy atom. The largest absolute Gasteiger partial charge is 0.465 e. The van der Waals surface area contributed by atoms with Gasteiger partial charge in [0.15, 0.2) is 5.82 Å². The number of aromatic amines is 1. The fourth-order valence-corrected chi connectivity index (χ4v) is 6.08. The molecule has 2 amide bonds. The van der Waals surface area contributed by atoms with Gasteiger partial charge >= 0.3 is 6.09 Å². The fourth-order valence-electron chi connectivity index (χ4n) is 6.08. The lowest BCUT2D eigenvalue weighted by Gasteiger charge is -2.52. The van der Waals surface area contributed by atoms with Gasteiger partial charge in [-0.3, -0.25) is 4.79 Å². The number of rotatable bonds is 10. The summed E-state index contributed by atoms with van der Waals surface area (Å²) in [5.41, 5.74) is 1.26. The average Bonchev–Trinajstić information content (AvgIpc) is 3.57. The average molecular weight is 554 g/mol. The summed E-state index contributed by atoms with van der Waals surface area (Å²) < 4.78 is 7.25. The maximum absolute atomic E-state index is 14.6. The molecule has 0 saturated carbocycles. The van der Waals surface area contributed by atoms with Crippen LogP contribution in [-0.4, -0.2) is 90.5 Å². The van der Waals surface area contributed by atoms with Crippen molar-refractivity contribution in [2.75, 3.05) is 26.8 Å². The molecule has 4 rings (SSSR count). The molecule has 3 aromatic rings. The van der Waals surface area contributed by atoms with Crippen LogP contribution in [0.4, 0.5) is 4.79 Å². The van der Waals surface area contributed by atoms with Gasteiger partial charge in [-0.25, -0.2) is 9.78 Å². The molecule has 2 aromatic heterocycles. The number of unbranched alkanes of at least 4 members (excludes halogenated alkanes) is 1. The first-order valence-electron chi connectivity index (χ1n) is 14.1. The molecule has 218 valence electrons. The van der Waals surface area contributed by atoms with E-state index in [0.717, 1.165) is 23.9 Å². The van der Waals surface area contributed by atoms with Crippen molar-refractivity contribution in [1.82, 2.24) is 34.5 Å². The van der Waals surface area contributed by atoms with E-state index in [1.807, 2.05) is 54.5 Å². The topological polar surface area (TPSA) is 129 Å². The van der Waals surface area contributed by atoms with E-state index >= 15 is 0 Å². The normalized spacial score (nSPS) is 19.9. The van der Waals surface area contributed by atoms with E-state index in [4.69, 9.17) is 9.72 Å². The van der Waals surface area contributed by atoms with Gasteiger partial charge in [-0.05, 0) is 42.7 Å². The summed E-state index contributed by atoms with van der Waals surface area (Å²) >= 11 is 0. The molecule has 11 heteroatoms. The molecule has 2 N–H and O–H groups in total. The molecule has 1 aromatic carbocycles. The van der Waals surface area contributed by atoms with Crippen LogP contribution < -0.4 is 0 Å². The Labute approximate surface area is 235 Å². The highest BCUT2D eigenvalue weighted by atomic mass is 16.5. The molecule has 0 bridgehead atoms. The first-order chi connectivity index (χ1) is 19.0. The number of para-hydroxylation sites is 2. The van der Waals surface area contributed by atoms with Crippen molar-refractivity contribution in [3.8, 4) is 0 Å². The number of H-pyrrole nitrogens is 1. The third-order valence-corrected chi connectivity index (χ3v) is 7.65. The predicted molar refractivity (Wildman–Crippen MR) is 152 cm³/mol. The molecule has 1 unspecified atom stereocenters. The van der Waals surface area contributed by atoms with Crippen molar-refractivity contribution in [2.45, 2.75) is 78.4 Å². The standard InChI is InChI=1S/C29H43N7O4/c1-19(2)16-35(27(37)26-32-21-11-7-8-12-22(21)34(26)13-9-10-14-40-6)23-15-20(25-30-18-31-33-25)17-36(28(38)39)24(23)29(3,4)5/h7-8,11-12,18-20,23-24H,9-10,13-17H2,1-6H3,(H,38,39)(H,30,31,33)/t20-,23+,24?/m1/s1. The maximum atomic E-state index is 14.6. The van der Waals surface area contributed by atoms with E-state index in [9.17, 15) is 14.7 Å². The Morgan fingerprint density at radius 2 is 1.98 bits per heavy atom.